The van der Waals surface area contributed by atoms with Crippen LogP contribution >= 0.6 is 0 Å². The highest BCUT2D eigenvalue weighted by atomic mass is 16.4. The molecule has 0 aliphatic heterocycles. The fraction of sp³-hybridized carbons (Fsp3) is 0.333. The molecule has 0 radical (unpaired) electrons. The number of rotatable bonds is 8. The summed E-state index contributed by atoms with van der Waals surface area (Å²) in [7, 11) is 0. The highest BCUT2D eigenvalue weighted by Crippen LogP contribution is 2.20. The zero-order valence-corrected chi connectivity index (χ0v) is 13.3. The summed E-state index contributed by atoms with van der Waals surface area (Å²) in [4.78, 5) is 18.0. The van der Waals surface area contributed by atoms with Crippen molar-refractivity contribution in [1.82, 2.24) is 9.88 Å². The van der Waals surface area contributed by atoms with Gasteiger partial charge in [0.05, 0.1) is 31.2 Å². The summed E-state index contributed by atoms with van der Waals surface area (Å²) in [6, 6.07) is 13.7. The lowest BCUT2D eigenvalue weighted by Crippen LogP contribution is -2.32. The van der Waals surface area contributed by atoms with E-state index in [4.69, 9.17) is 14.9 Å². The third-order valence-electron chi connectivity index (χ3n) is 3.50. The maximum Gasteiger partial charge on any atom is 0.223 e. The number of aromatic nitrogens is 1. The molecule has 0 aliphatic rings. The van der Waals surface area contributed by atoms with E-state index in [1.165, 1.54) is 0 Å². The van der Waals surface area contributed by atoms with E-state index in [1.807, 2.05) is 42.5 Å². The lowest BCUT2D eigenvalue weighted by molar-refractivity contribution is -0.131. The number of oxazole rings is 1. The second-order valence-electron chi connectivity index (χ2n) is 5.18. The molecule has 1 amide bonds. The topological polar surface area (TPSA) is 93.9 Å². The van der Waals surface area contributed by atoms with E-state index in [2.05, 4.69) is 4.98 Å². The highest BCUT2D eigenvalue weighted by molar-refractivity contribution is 5.76. The summed E-state index contributed by atoms with van der Waals surface area (Å²) in [5.41, 5.74) is 0.937. The lowest BCUT2D eigenvalue weighted by atomic mass is 10.2. The van der Waals surface area contributed by atoms with Crippen molar-refractivity contribution in [2.75, 3.05) is 13.1 Å². The first-order valence-corrected chi connectivity index (χ1v) is 7.76. The summed E-state index contributed by atoms with van der Waals surface area (Å²) >= 11 is 0. The van der Waals surface area contributed by atoms with Gasteiger partial charge >= 0.3 is 0 Å². The van der Waals surface area contributed by atoms with Crippen LogP contribution in [0.3, 0.4) is 0 Å². The van der Waals surface area contributed by atoms with Crippen molar-refractivity contribution < 1.29 is 9.21 Å². The van der Waals surface area contributed by atoms with E-state index in [0.29, 0.717) is 31.2 Å². The molecule has 0 unspecified atom stereocenters. The van der Waals surface area contributed by atoms with E-state index in [1.54, 1.807) is 11.1 Å². The molecule has 0 fully saturated rings. The van der Waals surface area contributed by atoms with Crippen LogP contribution in [-0.4, -0.2) is 28.9 Å². The zero-order valence-electron chi connectivity index (χ0n) is 13.3. The van der Waals surface area contributed by atoms with E-state index in [9.17, 15) is 4.79 Å². The van der Waals surface area contributed by atoms with Crippen LogP contribution in [0.5, 0.6) is 0 Å². The summed E-state index contributed by atoms with van der Waals surface area (Å²) in [6.45, 7) is 0.690. The van der Waals surface area contributed by atoms with Gasteiger partial charge in [0.2, 0.25) is 5.91 Å². The summed E-state index contributed by atoms with van der Waals surface area (Å²) < 4.78 is 5.68. The van der Waals surface area contributed by atoms with E-state index in [-0.39, 0.29) is 25.2 Å². The van der Waals surface area contributed by atoms with Crippen LogP contribution in [0, 0.1) is 22.7 Å². The van der Waals surface area contributed by atoms with Crippen LogP contribution in [0.1, 0.15) is 25.2 Å². The molecule has 1 aromatic heterocycles. The van der Waals surface area contributed by atoms with Crippen molar-refractivity contribution in [1.29, 1.82) is 10.5 Å². The molecule has 0 spiro atoms. The van der Waals surface area contributed by atoms with Crippen molar-refractivity contribution in [2.45, 2.75) is 25.7 Å². The normalized spacial score (nSPS) is 9.92. The van der Waals surface area contributed by atoms with Crippen LogP contribution in [0.15, 0.2) is 40.9 Å². The number of hydrogen-bond donors (Lipinski definition) is 0. The molecular weight excluding hydrogens is 304 g/mol. The minimum absolute atomic E-state index is 0.0973. The molecule has 0 saturated carbocycles. The molecule has 1 heterocycles. The van der Waals surface area contributed by atoms with Gasteiger partial charge in [0.1, 0.15) is 0 Å². The quantitative estimate of drug-likeness (QED) is 0.744. The van der Waals surface area contributed by atoms with Gasteiger partial charge in [0, 0.05) is 31.5 Å². The summed E-state index contributed by atoms with van der Waals surface area (Å²) in [5.74, 6) is 1.08. The second kappa shape index (κ2) is 9.12. The van der Waals surface area contributed by atoms with Gasteiger partial charge in [-0.2, -0.15) is 10.5 Å². The molecule has 2 aromatic rings. The molecule has 24 heavy (non-hydrogen) atoms. The van der Waals surface area contributed by atoms with Crippen molar-refractivity contribution in [3.8, 4) is 23.5 Å². The number of aryl methyl sites for hydroxylation is 1. The van der Waals surface area contributed by atoms with Gasteiger partial charge in [-0.25, -0.2) is 4.98 Å². The van der Waals surface area contributed by atoms with Crippen molar-refractivity contribution >= 4 is 5.91 Å². The second-order valence-corrected chi connectivity index (χ2v) is 5.18. The molecule has 122 valence electrons. The van der Waals surface area contributed by atoms with Crippen LogP contribution in [0.25, 0.3) is 11.3 Å². The van der Waals surface area contributed by atoms with Crippen LogP contribution in [-0.2, 0) is 11.2 Å². The Balaban J connectivity index is 1.92. The third-order valence-corrected chi connectivity index (χ3v) is 3.50. The number of benzene rings is 1. The van der Waals surface area contributed by atoms with Crippen LogP contribution in [0.4, 0.5) is 0 Å². The number of nitriles is 2. The minimum atomic E-state index is -0.0973. The van der Waals surface area contributed by atoms with Gasteiger partial charge in [0.25, 0.3) is 0 Å². The Kier molecular flexibility index (Phi) is 6.55. The Hall–Kier alpha value is -3.12. The summed E-state index contributed by atoms with van der Waals surface area (Å²) in [5, 5.41) is 17.3. The largest absolute Gasteiger partial charge is 0.441 e. The smallest absolute Gasteiger partial charge is 0.223 e. The molecule has 2 rings (SSSR count). The van der Waals surface area contributed by atoms with Gasteiger partial charge in [-0.05, 0) is 0 Å². The monoisotopic (exact) mass is 322 g/mol. The minimum Gasteiger partial charge on any atom is -0.441 e. The first-order chi connectivity index (χ1) is 11.7. The maximum atomic E-state index is 12.2. The molecule has 1 aromatic carbocycles. The Labute approximate surface area is 140 Å². The van der Waals surface area contributed by atoms with E-state index < -0.39 is 0 Å². The number of amides is 1. The first kappa shape index (κ1) is 17.2. The molecule has 0 aliphatic carbocycles. The molecule has 0 saturated heterocycles. The van der Waals surface area contributed by atoms with Gasteiger partial charge < -0.3 is 9.32 Å². The number of carbonyl (C=O) groups excluding carboxylic acids is 1. The Morgan fingerprint density at radius 2 is 1.79 bits per heavy atom. The Morgan fingerprint density at radius 1 is 1.12 bits per heavy atom. The van der Waals surface area contributed by atoms with E-state index >= 15 is 0 Å². The molecular formula is C18H18N4O2. The fourth-order valence-corrected chi connectivity index (χ4v) is 2.26. The zero-order chi connectivity index (χ0) is 17.2. The predicted molar refractivity (Wildman–Crippen MR) is 87.3 cm³/mol. The Morgan fingerprint density at radius 3 is 2.42 bits per heavy atom. The SMILES string of the molecule is N#CCCN(CCC#N)C(=O)CCc1ncc(-c2ccccc2)o1. The molecule has 6 heteroatoms. The van der Waals surface area contributed by atoms with Crippen molar-refractivity contribution in [3.05, 3.63) is 42.4 Å². The number of nitrogens with zero attached hydrogens (tertiary/aromatic N) is 4. The molecule has 0 atom stereocenters. The highest BCUT2D eigenvalue weighted by Gasteiger charge is 2.15. The van der Waals surface area contributed by atoms with Gasteiger partial charge in [-0.15, -0.1) is 0 Å². The van der Waals surface area contributed by atoms with Gasteiger partial charge in [-0.3, -0.25) is 4.79 Å². The fourth-order valence-electron chi connectivity index (χ4n) is 2.26. The third kappa shape index (κ3) is 4.96. The van der Waals surface area contributed by atoms with Crippen LogP contribution < -0.4 is 0 Å². The van der Waals surface area contributed by atoms with Crippen LogP contribution in [0.2, 0.25) is 0 Å². The predicted octanol–water partition coefficient (Wildman–Crippen LogP) is 2.93. The van der Waals surface area contributed by atoms with Gasteiger partial charge in [0.15, 0.2) is 11.7 Å². The number of carbonyl (C=O) groups is 1. The first-order valence-electron chi connectivity index (χ1n) is 7.76. The molecule has 0 bridgehead atoms. The molecule has 6 nitrogen and oxygen atoms in total. The average molecular weight is 322 g/mol. The summed E-state index contributed by atoms with van der Waals surface area (Å²) in [6.07, 6.45) is 2.80. The Bertz CT molecular complexity index is 722. The average Bonchev–Trinajstić information content (AvgIpc) is 3.09. The van der Waals surface area contributed by atoms with Crippen molar-refractivity contribution in [3.63, 3.8) is 0 Å². The van der Waals surface area contributed by atoms with Crippen molar-refractivity contribution in [2.24, 2.45) is 0 Å². The standard InChI is InChI=1S/C18H18N4O2/c19-10-4-12-22(13-5-11-20)18(23)9-8-17-21-14-16(24-17)15-6-2-1-3-7-15/h1-3,6-7,14H,4-5,8-9,12-13H2. The van der Waals surface area contributed by atoms with E-state index in [0.717, 1.165) is 5.56 Å². The lowest BCUT2D eigenvalue weighted by Gasteiger charge is -2.19. The molecule has 0 N–H and O–H groups in total. The maximum absolute atomic E-state index is 12.2. The number of hydrogen-bond acceptors (Lipinski definition) is 5. The van der Waals surface area contributed by atoms with Gasteiger partial charge in [-0.1, -0.05) is 30.3 Å².